The molecule has 10 heteroatoms. The van der Waals surface area contributed by atoms with Crippen LogP contribution in [0.15, 0.2) is 66.7 Å². The van der Waals surface area contributed by atoms with Crippen molar-refractivity contribution >= 4 is 62.2 Å². The lowest BCUT2D eigenvalue weighted by molar-refractivity contribution is -0.121. The molecule has 0 atom stereocenters. The van der Waals surface area contributed by atoms with Crippen LogP contribution >= 0.6 is 22.9 Å². The number of aryl methyl sites for hydroxylation is 1. The number of hydrogen-bond acceptors (Lipinski definition) is 5. The van der Waals surface area contributed by atoms with Gasteiger partial charge in [-0.3, -0.25) is 19.8 Å². The monoisotopic (exact) mass is 589 g/mol. The van der Waals surface area contributed by atoms with E-state index < -0.39 is 11.9 Å². The molecule has 1 aromatic heterocycles. The van der Waals surface area contributed by atoms with Crippen LogP contribution in [0.3, 0.4) is 0 Å². The van der Waals surface area contributed by atoms with Gasteiger partial charge >= 0.3 is 6.03 Å². The number of amides is 4. The average molecular weight is 590 g/mol. The van der Waals surface area contributed by atoms with Gasteiger partial charge in [-0.1, -0.05) is 54.1 Å². The Bertz CT molecular complexity index is 1560. The predicted octanol–water partition coefficient (Wildman–Crippen LogP) is 5.79. The molecule has 2 heterocycles. The highest BCUT2D eigenvalue weighted by molar-refractivity contribution is 7.17. The van der Waals surface area contributed by atoms with Crippen molar-refractivity contribution in [3.8, 4) is 0 Å². The summed E-state index contributed by atoms with van der Waals surface area (Å²) < 4.78 is 0. The summed E-state index contributed by atoms with van der Waals surface area (Å²) in [7, 11) is 0. The van der Waals surface area contributed by atoms with E-state index >= 15 is 0 Å². The fraction of sp³-hybridized carbons (Fsp3) is 0.258. The fourth-order valence-corrected chi connectivity index (χ4v) is 6.59. The van der Waals surface area contributed by atoms with E-state index in [1.165, 1.54) is 27.7 Å². The molecule has 212 valence electrons. The normalized spacial score (nSPS) is 13.0. The Labute approximate surface area is 247 Å². The van der Waals surface area contributed by atoms with E-state index in [0.717, 1.165) is 30.0 Å². The van der Waals surface area contributed by atoms with Crippen molar-refractivity contribution in [3.05, 3.63) is 93.3 Å². The molecule has 0 spiro atoms. The quantitative estimate of drug-likeness (QED) is 0.175. The van der Waals surface area contributed by atoms with Gasteiger partial charge in [0.05, 0.1) is 5.56 Å². The van der Waals surface area contributed by atoms with E-state index in [4.69, 9.17) is 17.3 Å². The first-order valence-corrected chi connectivity index (χ1v) is 14.8. The zero-order valence-corrected chi connectivity index (χ0v) is 24.1. The molecule has 0 saturated heterocycles. The highest BCUT2D eigenvalue weighted by atomic mass is 35.5. The zero-order valence-electron chi connectivity index (χ0n) is 22.5. The zero-order chi connectivity index (χ0) is 28.8. The van der Waals surface area contributed by atoms with E-state index in [1.54, 1.807) is 24.3 Å². The van der Waals surface area contributed by atoms with Gasteiger partial charge in [0.2, 0.25) is 5.91 Å². The summed E-state index contributed by atoms with van der Waals surface area (Å²) >= 11 is 7.29. The number of hydrogen-bond donors (Lipinski definition) is 4. The lowest BCUT2D eigenvalue weighted by Gasteiger charge is -2.27. The summed E-state index contributed by atoms with van der Waals surface area (Å²) in [6.07, 6.45) is 2.64. The number of fused-ring (bicyclic) bond motifs is 2. The van der Waals surface area contributed by atoms with Gasteiger partial charge in [0.25, 0.3) is 5.91 Å². The average Bonchev–Trinajstić information content (AvgIpc) is 3.32. The maximum atomic E-state index is 12.6. The number of urea groups is 1. The Hall–Kier alpha value is -3.92. The van der Waals surface area contributed by atoms with Gasteiger partial charge in [-0.2, -0.15) is 0 Å². The number of primary amides is 1. The molecule has 1 aliphatic rings. The molecule has 41 heavy (non-hydrogen) atoms. The predicted molar refractivity (Wildman–Crippen MR) is 166 cm³/mol. The molecule has 4 amide bonds. The second kappa shape index (κ2) is 13.2. The van der Waals surface area contributed by atoms with E-state index in [-0.39, 0.29) is 5.91 Å². The van der Waals surface area contributed by atoms with Gasteiger partial charge in [0, 0.05) is 48.2 Å². The molecular formula is C31H32ClN5O3S. The second-order valence-electron chi connectivity index (χ2n) is 10.0. The van der Waals surface area contributed by atoms with E-state index in [0.29, 0.717) is 53.6 Å². The third kappa shape index (κ3) is 7.24. The van der Waals surface area contributed by atoms with Crippen LogP contribution < -0.4 is 21.7 Å². The highest BCUT2D eigenvalue weighted by Gasteiger charge is 2.27. The van der Waals surface area contributed by atoms with Crippen molar-refractivity contribution in [1.82, 2.24) is 10.2 Å². The van der Waals surface area contributed by atoms with Crippen LogP contribution in [0, 0.1) is 0 Å². The number of anilines is 2. The topological polar surface area (TPSA) is 117 Å². The first kappa shape index (κ1) is 28.6. The molecule has 5 rings (SSSR count). The Kier molecular flexibility index (Phi) is 9.18. The van der Waals surface area contributed by atoms with Gasteiger partial charge in [0.1, 0.15) is 5.00 Å². The number of rotatable bonds is 10. The number of benzene rings is 3. The van der Waals surface area contributed by atoms with Crippen LogP contribution in [0.2, 0.25) is 5.02 Å². The summed E-state index contributed by atoms with van der Waals surface area (Å²) in [4.78, 5) is 40.7. The maximum absolute atomic E-state index is 12.6. The Morgan fingerprint density at radius 2 is 1.76 bits per heavy atom. The van der Waals surface area contributed by atoms with E-state index in [1.807, 2.05) is 18.2 Å². The smallest absolute Gasteiger partial charge is 0.324 e. The van der Waals surface area contributed by atoms with Crippen LogP contribution in [-0.2, 0) is 24.2 Å². The van der Waals surface area contributed by atoms with Crippen molar-refractivity contribution in [3.63, 3.8) is 0 Å². The molecule has 0 bridgehead atoms. The number of halogens is 1. The van der Waals surface area contributed by atoms with Gasteiger partial charge in [-0.05, 0) is 65.4 Å². The van der Waals surface area contributed by atoms with Gasteiger partial charge < -0.3 is 16.4 Å². The highest BCUT2D eigenvalue weighted by Crippen LogP contribution is 2.37. The third-order valence-corrected chi connectivity index (χ3v) is 8.57. The van der Waals surface area contributed by atoms with E-state index in [9.17, 15) is 14.4 Å². The molecule has 0 aliphatic carbocycles. The third-order valence-electron chi connectivity index (χ3n) is 7.19. The van der Waals surface area contributed by atoms with Gasteiger partial charge in [-0.15, -0.1) is 11.3 Å². The first-order valence-electron chi connectivity index (χ1n) is 13.6. The molecule has 3 aromatic carbocycles. The molecule has 1 aliphatic heterocycles. The minimum absolute atomic E-state index is 0.0517. The van der Waals surface area contributed by atoms with Crippen molar-refractivity contribution in [2.24, 2.45) is 5.73 Å². The van der Waals surface area contributed by atoms with Crippen LogP contribution in [-0.4, -0.2) is 42.4 Å². The summed E-state index contributed by atoms with van der Waals surface area (Å²) in [6, 6.07) is 20.7. The molecule has 4 aromatic rings. The molecule has 8 nitrogen and oxygen atoms in total. The molecule has 0 saturated carbocycles. The van der Waals surface area contributed by atoms with Gasteiger partial charge in [-0.25, -0.2) is 4.79 Å². The molecule has 0 radical (unpaired) electrons. The molecule has 0 unspecified atom stereocenters. The van der Waals surface area contributed by atoms with Crippen molar-refractivity contribution < 1.29 is 14.4 Å². The number of nitrogens with one attached hydrogen (secondary N) is 3. The largest absolute Gasteiger partial charge is 0.365 e. The summed E-state index contributed by atoms with van der Waals surface area (Å²) in [5, 5.41) is 12.0. The van der Waals surface area contributed by atoms with E-state index in [2.05, 4.69) is 45.1 Å². The molecule has 0 fully saturated rings. The lowest BCUT2D eigenvalue weighted by atomic mass is 10.0. The van der Waals surface area contributed by atoms with Gasteiger partial charge in [0.15, 0.2) is 0 Å². The summed E-state index contributed by atoms with van der Waals surface area (Å²) in [5.74, 6) is -0.500. The number of carbonyl (C=O) groups is 3. The Morgan fingerprint density at radius 1 is 0.976 bits per heavy atom. The van der Waals surface area contributed by atoms with Crippen molar-refractivity contribution in [1.29, 1.82) is 0 Å². The SMILES string of the molecule is NC(=O)c1c(NC(=O)Nc2ccc(Cl)cc2)sc2c1CCN(CCCNC(=O)CCc1cccc3ccccc13)C2. The minimum atomic E-state index is -0.552. The number of carbonyl (C=O) groups excluding carboxylic acids is 3. The first-order chi connectivity index (χ1) is 19.9. The summed E-state index contributed by atoms with van der Waals surface area (Å²) in [6.45, 7) is 2.85. The standard InChI is InChI=1S/C31H32ClN5O3S/c32-22-10-12-23(13-11-22)35-31(40)36-30-28(29(33)39)25-15-18-37(19-26(25)41-30)17-4-16-34-27(38)14-9-21-7-3-6-20-5-1-2-8-24(20)21/h1-3,5-8,10-13H,4,9,14-19H2,(H2,33,39)(H,34,38)(H2,35,36,40). The van der Waals surface area contributed by atoms with Crippen LogP contribution in [0.5, 0.6) is 0 Å². The van der Waals surface area contributed by atoms with Crippen molar-refractivity contribution in [2.45, 2.75) is 32.2 Å². The fourth-order valence-electron chi connectivity index (χ4n) is 5.17. The second-order valence-corrected chi connectivity index (χ2v) is 11.6. The number of nitrogens with two attached hydrogens (primary N) is 1. The number of thiophene rings is 1. The Balaban J connectivity index is 1.09. The minimum Gasteiger partial charge on any atom is -0.365 e. The molecular weight excluding hydrogens is 558 g/mol. The Morgan fingerprint density at radius 3 is 2.56 bits per heavy atom. The van der Waals surface area contributed by atoms with Crippen LogP contribution in [0.4, 0.5) is 15.5 Å². The maximum Gasteiger partial charge on any atom is 0.324 e. The van der Waals surface area contributed by atoms with Crippen molar-refractivity contribution in [2.75, 3.05) is 30.3 Å². The lowest BCUT2D eigenvalue weighted by Crippen LogP contribution is -2.34. The van der Waals surface area contributed by atoms with Crippen LogP contribution in [0.1, 0.15) is 39.2 Å². The molecule has 5 N–H and O–H groups in total. The summed E-state index contributed by atoms with van der Waals surface area (Å²) in [5.41, 5.74) is 8.76. The number of nitrogens with zero attached hydrogens (tertiary/aromatic N) is 1. The van der Waals surface area contributed by atoms with Crippen LogP contribution in [0.25, 0.3) is 10.8 Å².